The molecule has 7 atom stereocenters. The van der Waals surface area contributed by atoms with Gasteiger partial charge in [0.1, 0.15) is 0 Å². The number of rotatable bonds is 2. The number of azide groups is 1. The average Bonchev–Trinajstić information content (AvgIpc) is 2.84. The van der Waals surface area contributed by atoms with Crippen molar-refractivity contribution in [3.8, 4) is 0 Å². The van der Waals surface area contributed by atoms with Gasteiger partial charge >= 0.3 is 0 Å². The number of hydrogen-bond donors (Lipinski definition) is 1. The third-order valence-corrected chi connectivity index (χ3v) is 9.30. The van der Waals surface area contributed by atoms with E-state index in [1.165, 1.54) is 44.9 Å². The van der Waals surface area contributed by atoms with Crippen molar-refractivity contribution in [2.75, 3.05) is 6.54 Å². The quantitative estimate of drug-likeness (QED) is 0.407. The fourth-order valence-corrected chi connectivity index (χ4v) is 7.81. The van der Waals surface area contributed by atoms with Crippen molar-refractivity contribution in [1.82, 2.24) is 0 Å². The third kappa shape index (κ3) is 2.12. The van der Waals surface area contributed by atoms with E-state index >= 15 is 0 Å². The Morgan fingerprint density at radius 1 is 1.00 bits per heavy atom. The van der Waals surface area contributed by atoms with E-state index in [1.54, 1.807) is 0 Å². The van der Waals surface area contributed by atoms with E-state index in [-0.39, 0.29) is 12.0 Å². The molecule has 1 N–H and O–H groups in total. The van der Waals surface area contributed by atoms with Gasteiger partial charge in [-0.15, -0.1) is 0 Å². The molecule has 0 unspecified atom stereocenters. The van der Waals surface area contributed by atoms with Gasteiger partial charge in [-0.25, -0.2) is 0 Å². The largest absolute Gasteiger partial charge is 0.389 e. The molecule has 4 aliphatic carbocycles. The minimum absolute atomic E-state index is 0.0553. The van der Waals surface area contributed by atoms with Crippen molar-refractivity contribution in [3.63, 3.8) is 0 Å². The smallest absolute Gasteiger partial charge is 0.0760 e. The zero-order valence-electron chi connectivity index (χ0n) is 15.4. The predicted molar refractivity (Wildman–Crippen MR) is 95.3 cm³/mol. The maximum atomic E-state index is 11.3. The lowest BCUT2D eigenvalue weighted by atomic mass is 9.44. The summed E-state index contributed by atoms with van der Waals surface area (Å²) in [5.74, 6) is 3.20. The van der Waals surface area contributed by atoms with Gasteiger partial charge in [0.2, 0.25) is 0 Å². The molecule has 0 aliphatic heterocycles. The van der Waals surface area contributed by atoms with Crippen LogP contribution in [0.15, 0.2) is 5.11 Å². The number of aliphatic hydroxyl groups is 1. The van der Waals surface area contributed by atoms with E-state index in [1.807, 2.05) is 0 Å². The minimum atomic E-state index is -0.779. The van der Waals surface area contributed by atoms with Crippen molar-refractivity contribution >= 4 is 0 Å². The van der Waals surface area contributed by atoms with E-state index in [9.17, 15) is 5.11 Å². The summed E-state index contributed by atoms with van der Waals surface area (Å²) in [5.41, 5.74) is 8.43. The zero-order chi connectivity index (χ0) is 17.0. The fourth-order valence-electron chi connectivity index (χ4n) is 7.81. The van der Waals surface area contributed by atoms with Crippen molar-refractivity contribution < 1.29 is 5.11 Å². The van der Waals surface area contributed by atoms with Crippen LogP contribution in [0.1, 0.15) is 78.1 Å². The zero-order valence-corrected chi connectivity index (χ0v) is 15.4. The van der Waals surface area contributed by atoms with Crippen LogP contribution in [0.25, 0.3) is 10.4 Å². The first-order valence-electron chi connectivity index (χ1n) is 10.2. The Balaban J connectivity index is 1.62. The Labute approximate surface area is 146 Å². The molecule has 0 saturated heterocycles. The van der Waals surface area contributed by atoms with Crippen LogP contribution in [-0.4, -0.2) is 17.3 Å². The van der Waals surface area contributed by atoms with Gasteiger partial charge in [-0.3, -0.25) is 0 Å². The molecule has 0 spiro atoms. The van der Waals surface area contributed by atoms with Crippen LogP contribution < -0.4 is 0 Å². The molecule has 0 aromatic heterocycles. The van der Waals surface area contributed by atoms with Gasteiger partial charge in [0, 0.05) is 4.91 Å². The second kappa shape index (κ2) is 5.64. The molecular weight excluding hydrogens is 298 g/mol. The molecule has 4 saturated carbocycles. The molecule has 4 heteroatoms. The Hall–Kier alpha value is -0.730. The second-order valence-corrected chi connectivity index (χ2v) is 9.82. The summed E-state index contributed by atoms with van der Waals surface area (Å²) in [6.45, 7) is 5.15. The van der Waals surface area contributed by atoms with Crippen molar-refractivity contribution in [3.05, 3.63) is 10.4 Å². The normalized spacial score (nSPS) is 53.5. The van der Waals surface area contributed by atoms with Crippen molar-refractivity contribution in [2.24, 2.45) is 39.6 Å². The van der Waals surface area contributed by atoms with Crippen molar-refractivity contribution in [1.29, 1.82) is 0 Å². The Bertz CT molecular complexity index is 559. The molecule has 4 aliphatic rings. The summed E-state index contributed by atoms with van der Waals surface area (Å²) in [6.07, 6.45) is 12.8. The van der Waals surface area contributed by atoms with Crippen LogP contribution in [0.5, 0.6) is 0 Å². The van der Waals surface area contributed by atoms with Gasteiger partial charge in [-0.2, -0.15) is 0 Å². The summed E-state index contributed by atoms with van der Waals surface area (Å²) in [6, 6.07) is 0. The molecule has 4 nitrogen and oxygen atoms in total. The minimum Gasteiger partial charge on any atom is -0.389 e. The van der Waals surface area contributed by atoms with Gasteiger partial charge in [0.25, 0.3) is 0 Å². The van der Waals surface area contributed by atoms with Crippen molar-refractivity contribution in [2.45, 2.75) is 83.7 Å². The summed E-state index contributed by atoms with van der Waals surface area (Å²) in [4.78, 5) is 2.92. The van der Waals surface area contributed by atoms with Crippen LogP contribution in [0.3, 0.4) is 0 Å². The molecule has 0 bridgehead atoms. The molecule has 0 radical (unpaired) electrons. The maximum Gasteiger partial charge on any atom is 0.0760 e. The highest BCUT2D eigenvalue weighted by Gasteiger charge is 2.63. The monoisotopic (exact) mass is 331 g/mol. The first-order chi connectivity index (χ1) is 11.4. The van der Waals surface area contributed by atoms with Crippen LogP contribution in [-0.2, 0) is 0 Å². The third-order valence-electron chi connectivity index (χ3n) is 9.30. The first-order valence-corrected chi connectivity index (χ1v) is 10.2. The highest BCUT2D eigenvalue weighted by molar-refractivity contribution is 5.14. The number of fused-ring (bicyclic) bond motifs is 5. The number of nitrogens with zero attached hydrogens (tertiary/aromatic N) is 3. The molecule has 24 heavy (non-hydrogen) atoms. The van der Waals surface area contributed by atoms with Crippen LogP contribution in [0, 0.1) is 34.5 Å². The lowest BCUT2D eigenvalue weighted by molar-refractivity contribution is -0.147. The summed E-state index contributed by atoms with van der Waals surface area (Å²) in [5, 5.41) is 15.1. The molecule has 0 heterocycles. The van der Waals surface area contributed by atoms with Gasteiger partial charge in [0.05, 0.1) is 12.1 Å². The highest BCUT2D eigenvalue weighted by atomic mass is 16.3. The lowest BCUT2D eigenvalue weighted by Gasteiger charge is -2.61. The van der Waals surface area contributed by atoms with Crippen LogP contribution >= 0.6 is 0 Å². The molecule has 4 fully saturated rings. The summed E-state index contributed by atoms with van der Waals surface area (Å²) < 4.78 is 0. The van der Waals surface area contributed by atoms with Crippen LogP contribution in [0.2, 0.25) is 0 Å². The van der Waals surface area contributed by atoms with E-state index in [0.717, 1.165) is 37.0 Å². The molecule has 134 valence electrons. The lowest BCUT2D eigenvalue weighted by Crippen LogP contribution is -2.56. The Morgan fingerprint density at radius 3 is 2.58 bits per heavy atom. The average molecular weight is 332 g/mol. The molecule has 4 rings (SSSR count). The summed E-state index contributed by atoms with van der Waals surface area (Å²) in [7, 11) is 0. The predicted octanol–water partition coefficient (Wildman–Crippen LogP) is 5.46. The fraction of sp³-hybridized carbons (Fsp3) is 1.00. The molecule has 0 amide bonds. The van der Waals surface area contributed by atoms with Gasteiger partial charge < -0.3 is 5.11 Å². The summed E-state index contributed by atoms with van der Waals surface area (Å²) >= 11 is 0. The standard InChI is InChI=1S/C20H33N3O/c1-18-10-4-3-5-14(18)6-7-15-16(18)8-11-19(2)17(15)9-12-20(19,24)13-22-23-21/h14-17,24H,3-13H2,1-2H3/t14-,15-,16+,17+,18+,19+,20+/m1/s1. The first kappa shape index (κ1) is 16.7. The van der Waals surface area contributed by atoms with Gasteiger partial charge in [0.15, 0.2) is 0 Å². The van der Waals surface area contributed by atoms with E-state index in [2.05, 4.69) is 23.9 Å². The van der Waals surface area contributed by atoms with Gasteiger partial charge in [-0.1, -0.05) is 31.8 Å². The Morgan fingerprint density at radius 2 is 1.79 bits per heavy atom. The molecule has 0 aromatic carbocycles. The SMILES string of the molecule is C[C@]12CCCC[C@@H]1CC[C@@H]1[C@@H]2CC[C@@]2(C)[C@H]1CC[C@]2(O)CN=[N+]=[N-]. The second-order valence-electron chi connectivity index (χ2n) is 9.82. The Kier molecular flexibility index (Phi) is 3.93. The van der Waals surface area contributed by atoms with Gasteiger partial charge in [-0.05, 0) is 91.4 Å². The maximum absolute atomic E-state index is 11.3. The molecular formula is C20H33N3O. The molecule has 0 aromatic rings. The van der Waals surface area contributed by atoms with E-state index in [4.69, 9.17) is 5.53 Å². The topological polar surface area (TPSA) is 69.0 Å². The van der Waals surface area contributed by atoms with Crippen LogP contribution in [0.4, 0.5) is 0 Å². The highest BCUT2D eigenvalue weighted by Crippen LogP contribution is 2.68. The van der Waals surface area contributed by atoms with E-state index < -0.39 is 5.60 Å². The number of hydrogen-bond acceptors (Lipinski definition) is 2. The van der Waals surface area contributed by atoms with E-state index in [0.29, 0.717) is 11.3 Å².